The van der Waals surface area contributed by atoms with Gasteiger partial charge in [-0.05, 0) is 31.9 Å². The molecule has 1 fully saturated rings. The van der Waals surface area contributed by atoms with Gasteiger partial charge in [0.1, 0.15) is 5.69 Å². The number of alkyl halides is 3. The number of hydrogen-bond donors (Lipinski definition) is 2. The third-order valence-electron chi connectivity index (χ3n) is 4.60. The summed E-state index contributed by atoms with van der Waals surface area (Å²) in [6.07, 6.45) is -4.24. The zero-order valence-corrected chi connectivity index (χ0v) is 16.5. The molecule has 2 N–H and O–H groups in total. The van der Waals surface area contributed by atoms with Crippen LogP contribution < -0.4 is 15.5 Å². The molecule has 1 saturated heterocycles. The van der Waals surface area contributed by atoms with E-state index in [1.807, 2.05) is 5.32 Å². The molecular formula is C18H21F3N4O6. The Bertz CT molecular complexity index is 853. The molecule has 0 spiro atoms. The van der Waals surface area contributed by atoms with Crippen molar-refractivity contribution in [1.29, 1.82) is 0 Å². The highest BCUT2D eigenvalue weighted by molar-refractivity contribution is 5.95. The number of ether oxygens (including phenoxy) is 1. The predicted octanol–water partition coefficient (Wildman–Crippen LogP) is 2.22. The lowest BCUT2D eigenvalue weighted by Crippen LogP contribution is -2.42. The second-order valence-electron chi connectivity index (χ2n) is 6.74. The molecule has 10 nitrogen and oxygen atoms in total. The first kappa shape index (κ1) is 23.9. The summed E-state index contributed by atoms with van der Waals surface area (Å²) < 4.78 is 43.4. The monoisotopic (exact) mass is 446 g/mol. The number of benzene rings is 1. The molecule has 1 aromatic carbocycles. The summed E-state index contributed by atoms with van der Waals surface area (Å²) in [4.78, 5) is 46.8. The van der Waals surface area contributed by atoms with E-state index < -0.39 is 52.8 Å². The molecule has 0 radical (unpaired) electrons. The van der Waals surface area contributed by atoms with Gasteiger partial charge < -0.3 is 15.0 Å². The van der Waals surface area contributed by atoms with Crippen molar-refractivity contribution in [3.05, 3.63) is 33.9 Å². The van der Waals surface area contributed by atoms with Crippen LogP contribution in [0.15, 0.2) is 18.2 Å². The number of nitrogens with zero attached hydrogens (tertiary/aromatic N) is 2. The number of halogens is 3. The molecule has 170 valence electrons. The third kappa shape index (κ3) is 6.55. The highest BCUT2D eigenvalue weighted by atomic mass is 19.4. The zero-order valence-electron chi connectivity index (χ0n) is 16.5. The maximum absolute atomic E-state index is 12.8. The van der Waals surface area contributed by atoms with E-state index >= 15 is 0 Å². The van der Waals surface area contributed by atoms with E-state index in [4.69, 9.17) is 4.74 Å². The number of imide groups is 1. The molecule has 0 aromatic heterocycles. The van der Waals surface area contributed by atoms with Gasteiger partial charge in [0.25, 0.3) is 11.6 Å². The quantitative estimate of drug-likeness (QED) is 0.389. The number of nitro groups is 1. The van der Waals surface area contributed by atoms with Crippen LogP contribution in [0.2, 0.25) is 0 Å². The van der Waals surface area contributed by atoms with Crippen LogP contribution in [0, 0.1) is 16.0 Å². The molecule has 1 aliphatic rings. The lowest BCUT2D eigenvalue weighted by Gasteiger charge is -2.32. The fourth-order valence-corrected chi connectivity index (χ4v) is 3.09. The second-order valence-corrected chi connectivity index (χ2v) is 6.74. The minimum atomic E-state index is -4.70. The lowest BCUT2D eigenvalue weighted by atomic mass is 9.96. The molecular weight excluding hydrogens is 425 g/mol. The van der Waals surface area contributed by atoms with Gasteiger partial charge >= 0.3 is 18.2 Å². The molecule has 1 heterocycles. The molecule has 31 heavy (non-hydrogen) atoms. The van der Waals surface area contributed by atoms with Crippen molar-refractivity contribution in [2.45, 2.75) is 25.9 Å². The number of carbonyl (C=O) groups is 3. The molecule has 0 aliphatic carbocycles. The number of urea groups is 1. The van der Waals surface area contributed by atoms with Gasteiger partial charge in [-0.3, -0.25) is 25.0 Å². The molecule has 0 atom stereocenters. The number of anilines is 1. The van der Waals surface area contributed by atoms with Gasteiger partial charge in [-0.2, -0.15) is 13.2 Å². The van der Waals surface area contributed by atoms with Crippen molar-refractivity contribution >= 4 is 29.3 Å². The summed E-state index contributed by atoms with van der Waals surface area (Å²) >= 11 is 0. The topological polar surface area (TPSA) is 131 Å². The number of hydrogen-bond acceptors (Lipinski definition) is 7. The molecule has 0 bridgehead atoms. The average Bonchev–Trinajstić information content (AvgIpc) is 2.71. The summed E-state index contributed by atoms with van der Waals surface area (Å²) in [5, 5.41) is 15.6. The van der Waals surface area contributed by atoms with Crippen LogP contribution in [-0.4, -0.2) is 49.1 Å². The summed E-state index contributed by atoms with van der Waals surface area (Å²) in [6, 6.07) is 1.60. The van der Waals surface area contributed by atoms with E-state index in [0.717, 1.165) is 12.1 Å². The Morgan fingerprint density at radius 1 is 1.26 bits per heavy atom. The summed E-state index contributed by atoms with van der Waals surface area (Å²) in [5.74, 6) is -2.04. The van der Waals surface area contributed by atoms with Crippen molar-refractivity contribution in [1.82, 2.24) is 10.6 Å². The molecule has 13 heteroatoms. The molecule has 3 amide bonds. The van der Waals surface area contributed by atoms with Crippen LogP contribution >= 0.6 is 0 Å². The highest BCUT2D eigenvalue weighted by Gasteiger charge is 2.35. The first-order valence-corrected chi connectivity index (χ1v) is 9.37. The van der Waals surface area contributed by atoms with Crippen LogP contribution in [0.3, 0.4) is 0 Å². The maximum atomic E-state index is 12.8. The number of esters is 1. The normalized spacial score (nSPS) is 14.6. The number of nitro benzene ring substituents is 1. The number of carbonyl (C=O) groups excluding carboxylic acids is 3. The Kier molecular flexibility index (Phi) is 7.78. The zero-order chi connectivity index (χ0) is 23.2. The standard InChI is InChI=1S/C18H21F3N4O6/c1-2-22-17(28)23-15(26)10-31-16(27)11-5-7-24(8-6-11)13-4-3-12(18(19,20)21)9-14(13)25(29)30/h3-4,9,11H,2,5-8,10H2,1H3,(H2,22,23,26,28). The van der Waals surface area contributed by atoms with Gasteiger partial charge in [0.2, 0.25) is 0 Å². The van der Waals surface area contributed by atoms with Crippen LogP contribution in [0.1, 0.15) is 25.3 Å². The molecule has 2 rings (SSSR count). The Hall–Kier alpha value is -3.38. The highest BCUT2D eigenvalue weighted by Crippen LogP contribution is 2.37. The van der Waals surface area contributed by atoms with Crippen LogP contribution in [0.5, 0.6) is 0 Å². The smallest absolute Gasteiger partial charge is 0.416 e. The van der Waals surface area contributed by atoms with Gasteiger partial charge in [0.15, 0.2) is 6.61 Å². The lowest BCUT2D eigenvalue weighted by molar-refractivity contribution is -0.384. The molecule has 1 aliphatic heterocycles. The maximum Gasteiger partial charge on any atom is 0.416 e. The van der Waals surface area contributed by atoms with E-state index in [9.17, 15) is 37.7 Å². The van der Waals surface area contributed by atoms with Crippen LogP contribution in [-0.2, 0) is 20.5 Å². The number of rotatable bonds is 6. The SMILES string of the molecule is CCNC(=O)NC(=O)COC(=O)C1CCN(c2ccc(C(F)(F)F)cc2[N+](=O)[O-])CC1. The third-order valence-corrected chi connectivity index (χ3v) is 4.60. The van der Waals surface area contributed by atoms with Crippen molar-refractivity contribution in [2.24, 2.45) is 5.92 Å². The summed E-state index contributed by atoms with van der Waals surface area (Å²) in [5.41, 5.74) is -1.75. The fourth-order valence-electron chi connectivity index (χ4n) is 3.09. The first-order valence-electron chi connectivity index (χ1n) is 9.37. The Balaban J connectivity index is 1.94. The minimum absolute atomic E-state index is 0.0335. The van der Waals surface area contributed by atoms with Gasteiger partial charge in [-0.1, -0.05) is 0 Å². The van der Waals surface area contributed by atoms with Gasteiger partial charge in [0, 0.05) is 25.7 Å². The number of piperidine rings is 1. The van der Waals surface area contributed by atoms with Crippen molar-refractivity contribution in [3.63, 3.8) is 0 Å². The number of amides is 3. The molecule has 0 unspecified atom stereocenters. The van der Waals surface area contributed by atoms with Gasteiger partial charge in [-0.15, -0.1) is 0 Å². The van der Waals surface area contributed by atoms with E-state index in [1.165, 1.54) is 4.90 Å². The fraction of sp³-hybridized carbons (Fsp3) is 0.500. The number of nitrogens with one attached hydrogen (secondary N) is 2. The predicted molar refractivity (Wildman–Crippen MR) is 101 cm³/mol. The first-order chi connectivity index (χ1) is 14.5. The van der Waals surface area contributed by atoms with Gasteiger partial charge in [-0.25, -0.2) is 4.79 Å². The van der Waals surface area contributed by atoms with Crippen LogP contribution in [0.25, 0.3) is 0 Å². The largest absolute Gasteiger partial charge is 0.455 e. The summed E-state index contributed by atoms with van der Waals surface area (Å²) in [7, 11) is 0. The van der Waals surface area contributed by atoms with Crippen molar-refractivity contribution in [2.75, 3.05) is 31.1 Å². The van der Waals surface area contributed by atoms with Crippen LogP contribution in [0.4, 0.5) is 29.3 Å². The molecule has 0 saturated carbocycles. The molecule has 1 aromatic rings. The summed E-state index contributed by atoms with van der Waals surface area (Å²) in [6.45, 7) is 1.69. The Labute approximate surface area is 174 Å². The second kappa shape index (κ2) is 10.1. The Morgan fingerprint density at radius 3 is 2.45 bits per heavy atom. The minimum Gasteiger partial charge on any atom is -0.455 e. The van der Waals surface area contributed by atoms with E-state index in [2.05, 4.69) is 5.32 Å². The van der Waals surface area contributed by atoms with E-state index in [-0.39, 0.29) is 31.6 Å². The average molecular weight is 446 g/mol. The van der Waals surface area contributed by atoms with Crippen molar-refractivity contribution < 1.29 is 37.2 Å². The Morgan fingerprint density at radius 2 is 1.90 bits per heavy atom. The van der Waals surface area contributed by atoms with Crippen molar-refractivity contribution in [3.8, 4) is 0 Å². The van der Waals surface area contributed by atoms with Gasteiger partial charge in [0.05, 0.1) is 16.4 Å². The van der Waals surface area contributed by atoms with E-state index in [1.54, 1.807) is 6.92 Å². The van der Waals surface area contributed by atoms with E-state index in [0.29, 0.717) is 12.6 Å².